The Balaban J connectivity index is 1.52. The number of anilines is 1. The summed E-state index contributed by atoms with van der Waals surface area (Å²) >= 11 is 0. The van der Waals surface area contributed by atoms with E-state index in [9.17, 15) is 20.0 Å². The van der Waals surface area contributed by atoms with Crippen LogP contribution in [0.5, 0.6) is 17.2 Å². The smallest absolute Gasteiger partial charge is 0.311 e. The van der Waals surface area contributed by atoms with Gasteiger partial charge in [0.1, 0.15) is 0 Å². The minimum Gasteiger partial charge on any atom is -0.502 e. The van der Waals surface area contributed by atoms with Gasteiger partial charge in [-0.25, -0.2) is 5.43 Å². The van der Waals surface area contributed by atoms with Crippen molar-refractivity contribution in [1.29, 1.82) is 0 Å². The van der Waals surface area contributed by atoms with Crippen LogP contribution < -0.4 is 20.2 Å². The number of aromatic hydroxyl groups is 1. The summed E-state index contributed by atoms with van der Waals surface area (Å²) in [5.74, 6) is 0.395. The number of hydrogen-bond acceptors (Lipinski definition) is 8. The highest BCUT2D eigenvalue weighted by molar-refractivity contribution is 5.85. The summed E-state index contributed by atoms with van der Waals surface area (Å²) in [5, 5.41) is 26.8. The minimum absolute atomic E-state index is 0.0350. The SMILES string of the molecule is O=C(CNc1ccc2c(c1)OCO2)N/N=C\c1ccc(O)c([N+](=O)[O-])c1. The van der Waals surface area contributed by atoms with Crippen LogP contribution in [0.2, 0.25) is 0 Å². The number of rotatable bonds is 6. The molecule has 10 nitrogen and oxygen atoms in total. The number of nitrogens with one attached hydrogen (secondary N) is 2. The lowest BCUT2D eigenvalue weighted by Gasteiger charge is -2.06. The number of fused-ring (bicyclic) bond motifs is 1. The Morgan fingerprint density at radius 3 is 2.88 bits per heavy atom. The number of hydrazone groups is 1. The molecular weight excluding hydrogens is 344 g/mol. The average Bonchev–Trinajstić information content (AvgIpc) is 3.09. The first-order chi connectivity index (χ1) is 12.5. The van der Waals surface area contributed by atoms with Crippen LogP contribution in [0.4, 0.5) is 11.4 Å². The van der Waals surface area contributed by atoms with E-state index in [-0.39, 0.29) is 13.3 Å². The standard InChI is InChI=1S/C16H14N4O6/c21-13-3-1-10(5-12(13)20(23)24)7-18-19-16(22)8-17-11-2-4-14-15(6-11)26-9-25-14/h1-7,17,21H,8-9H2,(H,19,22)/b18-7-. The van der Waals surface area contributed by atoms with Gasteiger partial charge in [0.2, 0.25) is 6.79 Å². The van der Waals surface area contributed by atoms with Crippen molar-refractivity contribution in [3.63, 3.8) is 0 Å². The number of hydrogen-bond donors (Lipinski definition) is 3. The number of nitro groups is 1. The van der Waals surface area contributed by atoms with E-state index in [1.54, 1.807) is 18.2 Å². The molecule has 2 aromatic carbocycles. The van der Waals surface area contributed by atoms with Crippen molar-refractivity contribution in [2.45, 2.75) is 0 Å². The van der Waals surface area contributed by atoms with E-state index < -0.39 is 22.3 Å². The molecule has 1 aliphatic heterocycles. The zero-order valence-corrected chi connectivity index (χ0v) is 13.3. The highest BCUT2D eigenvalue weighted by atomic mass is 16.7. The quantitative estimate of drug-likeness (QED) is 0.405. The summed E-state index contributed by atoms with van der Waals surface area (Å²) in [5.41, 5.74) is 2.90. The average molecular weight is 358 g/mol. The third-order valence-electron chi connectivity index (χ3n) is 3.42. The fraction of sp³-hybridized carbons (Fsp3) is 0.125. The maximum Gasteiger partial charge on any atom is 0.311 e. The number of phenolic OH excluding ortho intramolecular Hbond substituents is 1. The maximum atomic E-state index is 11.8. The zero-order chi connectivity index (χ0) is 18.5. The van der Waals surface area contributed by atoms with Crippen LogP contribution in [-0.2, 0) is 4.79 Å². The van der Waals surface area contributed by atoms with E-state index in [0.29, 0.717) is 22.7 Å². The van der Waals surface area contributed by atoms with Crippen molar-refractivity contribution < 1.29 is 24.3 Å². The molecule has 0 atom stereocenters. The Morgan fingerprint density at radius 1 is 1.27 bits per heavy atom. The molecule has 0 radical (unpaired) electrons. The van der Waals surface area contributed by atoms with Crippen LogP contribution in [-0.4, -0.2) is 35.5 Å². The van der Waals surface area contributed by atoms with E-state index in [2.05, 4.69) is 15.8 Å². The molecule has 0 saturated carbocycles. The molecule has 0 spiro atoms. The lowest BCUT2D eigenvalue weighted by atomic mass is 10.2. The molecule has 0 fully saturated rings. The van der Waals surface area contributed by atoms with E-state index in [0.717, 1.165) is 6.07 Å². The summed E-state index contributed by atoms with van der Waals surface area (Å²) in [6.45, 7) is 0.135. The lowest BCUT2D eigenvalue weighted by Crippen LogP contribution is -2.25. The molecule has 1 aliphatic rings. The maximum absolute atomic E-state index is 11.8. The number of carbonyl (C=O) groups excluding carboxylic acids is 1. The topological polar surface area (TPSA) is 135 Å². The van der Waals surface area contributed by atoms with Gasteiger partial charge in [-0.15, -0.1) is 0 Å². The summed E-state index contributed by atoms with van der Waals surface area (Å²) < 4.78 is 10.4. The molecule has 0 unspecified atom stereocenters. The predicted molar refractivity (Wildman–Crippen MR) is 91.6 cm³/mol. The first kappa shape index (κ1) is 17.0. The van der Waals surface area contributed by atoms with Crippen LogP contribution in [0.25, 0.3) is 0 Å². The van der Waals surface area contributed by atoms with Crippen LogP contribution in [0.1, 0.15) is 5.56 Å². The minimum atomic E-state index is -0.708. The molecule has 3 rings (SSSR count). The van der Waals surface area contributed by atoms with Crippen molar-refractivity contribution in [3.05, 3.63) is 52.1 Å². The van der Waals surface area contributed by atoms with Crippen molar-refractivity contribution >= 4 is 23.5 Å². The molecule has 10 heteroatoms. The van der Waals surface area contributed by atoms with Gasteiger partial charge in [-0.3, -0.25) is 14.9 Å². The Labute approximate surface area is 147 Å². The number of benzene rings is 2. The van der Waals surface area contributed by atoms with Gasteiger partial charge in [0.15, 0.2) is 17.2 Å². The molecule has 134 valence electrons. The Morgan fingerprint density at radius 2 is 2.08 bits per heavy atom. The van der Waals surface area contributed by atoms with Crippen molar-refractivity contribution in [1.82, 2.24) is 5.43 Å². The van der Waals surface area contributed by atoms with Gasteiger partial charge < -0.3 is 19.9 Å². The third-order valence-corrected chi connectivity index (χ3v) is 3.42. The van der Waals surface area contributed by atoms with E-state index >= 15 is 0 Å². The summed E-state index contributed by atoms with van der Waals surface area (Å²) in [7, 11) is 0. The highest BCUT2D eigenvalue weighted by Gasteiger charge is 2.14. The monoisotopic (exact) mass is 358 g/mol. The summed E-state index contributed by atoms with van der Waals surface area (Å²) in [6, 6.07) is 8.97. The largest absolute Gasteiger partial charge is 0.502 e. The normalized spacial score (nSPS) is 12.2. The molecule has 0 aliphatic carbocycles. The van der Waals surface area contributed by atoms with Crippen LogP contribution in [0.3, 0.4) is 0 Å². The van der Waals surface area contributed by atoms with Crippen molar-refractivity contribution in [3.8, 4) is 17.2 Å². The van der Waals surface area contributed by atoms with Gasteiger partial charge in [0.05, 0.1) is 17.7 Å². The molecule has 2 aromatic rings. The molecule has 0 aromatic heterocycles. The highest BCUT2D eigenvalue weighted by Crippen LogP contribution is 2.34. The molecule has 0 bridgehead atoms. The van der Waals surface area contributed by atoms with Gasteiger partial charge in [0, 0.05) is 23.4 Å². The van der Waals surface area contributed by atoms with Crippen molar-refractivity contribution in [2.75, 3.05) is 18.7 Å². The second-order valence-electron chi connectivity index (χ2n) is 5.22. The Hall–Kier alpha value is -3.82. The fourth-order valence-electron chi connectivity index (χ4n) is 2.17. The first-order valence-corrected chi connectivity index (χ1v) is 7.46. The third kappa shape index (κ3) is 3.98. The fourth-order valence-corrected chi connectivity index (χ4v) is 2.17. The molecule has 1 amide bonds. The lowest BCUT2D eigenvalue weighted by molar-refractivity contribution is -0.385. The number of nitro benzene ring substituents is 1. The van der Waals surface area contributed by atoms with E-state index in [4.69, 9.17) is 9.47 Å². The number of amides is 1. The molecule has 26 heavy (non-hydrogen) atoms. The first-order valence-electron chi connectivity index (χ1n) is 7.46. The van der Waals surface area contributed by atoms with Crippen LogP contribution in [0.15, 0.2) is 41.5 Å². The van der Waals surface area contributed by atoms with Gasteiger partial charge >= 0.3 is 5.69 Å². The predicted octanol–water partition coefficient (Wildman–Crippen LogP) is 1.59. The second-order valence-corrected chi connectivity index (χ2v) is 5.22. The van der Waals surface area contributed by atoms with Gasteiger partial charge in [-0.1, -0.05) is 0 Å². The van der Waals surface area contributed by atoms with Crippen molar-refractivity contribution in [2.24, 2.45) is 5.10 Å². The zero-order valence-electron chi connectivity index (χ0n) is 13.3. The molecule has 3 N–H and O–H groups in total. The summed E-state index contributed by atoms with van der Waals surface area (Å²) in [4.78, 5) is 21.8. The number of nitrogens with zero attached hydrogens (tertiary/aromatic N) is 2. The second kappa shape index (κ2) is 7.38. The van der Waals surface area contributed by atoms with Gasteiger partial charge in [-0.2, -0.15) is 5.10 Å². The number of phenols is 1. The van der Waals surface area contributed by atoms with E-state index in [1.165, 1.54) is 18.3 Å². The number of carbonyl (C=O) groups is 1. The van der Waals surface area contributed by atoms with Crippen LogP contribution >= 0.6 is 0 Å². The van der Waals surface area contributed by atoms with E-state index in [1.807, 2.05) is 0 Å². The summed E-state index contributed by atoms with van der Waals surface area (Å²) in [6.07, 6.45) is 1.24. The van der Waals surface area contributed by atoms with Gasteiger partial charge in [0.25, 0.3) is 5.91 Å². The molecular formula is C16H14N4O6. The Bertz CT molecular complexity index is 883. The number of ether oxygens (including phenoxy) is 2. The molecule has 1 heterocycles. The van der Waals surface area contributed by atoms with Crippen LogP contribution in [0, 0.1) is 10.1 Å². The Kier molecular flexibility index (Phi) is 4.83. The molecule has 0 saturated heterocycles. The van der Waals surface area contributed by atoms with Gasteiger partial charge in [-0.05, 0) is 24.3 Å².